The highest BCUT2D eigenvalue weighted by atomic mass is 32.1. The van der Waals surface area contributed by atoms with Crippen LogP contribution in [0.3, 0.4) is 0 Å². The lowest BCUT2D eigenvalue weighted by molar-refractivity contribution is -0.124. The van der Waals surface area contributed by atoms with E-state index in [4.69, 9.17) is 5.73 Å². The van der Waals surface area contributed by atoms with Crippen molar-refractivity contribution in [1.82, 2.24) is 14.7 Å². The predicted octanol–water partition coefficient (Wildman–Crippen LogP) is 0.607. The van der Waals surface area contributed by atoms with E-state index in [0.29, 0.717) is 13.1 Å². The van der Waals surface area contributed by atoms with E-state index in [-0.39, 0.29) is 11.8 Å². The van der Waals surface area contributed by atoms with Crippen LogP contribution in [0.15, 0.2) is 17.8 Å². The van der Waals surface area contributed by atoms with Crippen molar-refractivity contribution in [1.29, 1.82) is 0 Å². The van der Waals surface area contributed by atoms with Gasteiger partial charge in [0.05, 0.1) is 12.2 Å². The van der Waals surface area contributed by atoms with Crippen LogP contribution in [0.25, 0.3) is 4.96 Å². The molecule has 86 valence electrons. The summed E-state index contributed by atoms with van der Waals surface area (Å²) in [5, 5.41) is 4.78. The summed E-state index contributed by atoms with van der Waals surface area (Å²) in [7, 11) is 0. The first-order chi connectivity index (χ1) is 7.70. The lowest BCUT2D eigenvalue weighted by Gasteiger charge is -2.07. The molecule has 1 atom stereocenters. The summed E-state index contributed by atoms with van der Waals surface area (Å²) < 4.78 is 1.94. The zero-order chi connectivity index (χ0) is 11.5. The number of hydrogen-bond acceptors (Lipinski definition) is 4. The average Bonchev–Trinajstić information content (AvgIpc) is 2.84. The highest BCUT2D eigenvalue weighted by molar-refractivity contribution is 7.15. The van der Waals surface area contributed by atoms with Crippen molar-refractivity contribution < 1.29 is 4.79 Å². The molecule has 16 heavy (non-hydrogen) atoms. The number of nitrogens with zero attached hydrogens (tertiary/aromatic N) is 2. The molecule has 0 spiro atoms. The topological polar surface area (TPSA) is 72.4 Å². The highest BCUT2D eigenvalue weighted by Crippen LogP contribution is 2.11. The summed E-state index contributed by atoms with van der Waals surface area (Å²) in [5.74, 6) is -0.178. The number of nitrogens with one attached hydrogen (secondary N) is 1. The fraction of sp³-hybridized carbons (Fsp3) is 0.400. The third-order valence-corrected chi connectivity index (χ3v) is 3.16. The van der Waals surface area contributed by atoms with E-state index < -0.39 is 0 Å². The average molecular weight is 238 g/mol. The molecule has 0 fully saturated rings. The van der Waals surface area contributed by atoms with Crippen molar-refractivity contribution >= 4 is 22.2 Å². The minimum Gasteiger partial charge on any atom is -0.350 e. The molecule has 0 bridgehead atoms. The molecule has 2 rings (SSSR count). The van der Waals surface area contributed by atoms with Gasteiger partial charge >= 0.3 is 0 Å². The van der Waals surface area contributed by atoms with E-state index in [1.54, 1.807) is 18.3 Å². The Kier molecular flexibility index (Phi) is 3.21. The Morgan fingerprint density at radius 3 is 3.25 bits per heavy atom. The van der Waals surface area contributed by atoms with E-state index in [1.807, 2.05) is 22.2 Å². The third-order valence-electron chi connectivity index (χ3n) is 2.39. The minimum atomic E-state index is -0.149. The van der Waals surface area contributed by atoms with E-state index in [1.165, 1.54) is 0 Å². The highest BCUT2D eigenvalue weighted by Gasteiger charge is 2.10. The van der Waals surface area contributed by atoms with Crippen molar-refractivity contribution in [2.45, 2.75) is 13.5 Å². The van der Waals surface area contributed by atoms with Gasteiger partial charge in [-0.25, -0.2) is 4.98 Å². The van der Waals surface area contributed by atoms with Gasteiger partial charge in [0.15, 0.2) is 4.96 Å². The number of carbonyl (C=O) groups excluding carboxylic acids is 1. The first-order valence-corrected chi connectivity index (χ1v) is 5.97. The maximum Gasteiger partial charge on any atom is 0.224 e. The zero-order valence-corrected chi connectivity index (χ0v) is 9.83. The summed E-state index contributed by atoms with van der Waals surface area (Å²) in [6, 6.07) is 0. The third kappa shape index (κ3) is 2.23. The van der Waals surface area contributed by atoms with Gasteiger partial charge in [-0.05, 0) is 0 Å². The molecule has 0 saturated carbocycles. The van der Waals surface area contributed by atoms with Gasteiger partial charge in [-0.2, -0.15) is 0 Å². The second-order valence-electron chi connectivity index (χ2n) is 3.68. The van der Waals surface area contributed by atoms with Gasteiger partial charge in [-0.3, -0.25) is 9.20 Å². The summed E-state index contributed by atoms with van der Waals surface area (Å²) in [4.78, 5) is 16.8. The Balaban J connectivity index is 1.95. The van der Waals surface area contributed by atoms with E-state index >= 15 is 0 Å². The number of thiazole rings is 1. The molecule has 1 amide bonds. The summed E-state index contributed by atoms with van der Waals surface area (Å²) >= 11 is 1.57. The van der Waals surface area contributed by atoms with Crippen molar-refractivity contribution in [3.8, 4) is 0 Å². The van der Waals surface area contributed by atoms with E-state index in [9.17, 15) is 4.79 Å². The summed E-state index contributed by atoms with van der Waals surface area (Å²) in [6.45, 7) is 2.63. The summed E-state index contributed by atoms with van der Waals surface area (Å²) in [6.07, 6.45) is 3.86. The van der Waals surface area contributed by atoms with Crippen LogP contribution in [0.1, 0.15) is 12.6 Å². The second-order valence-corrected chi connectivity index (χ2v) is 4.55. The number of fused-ring (bicyclic) bond motifs is 1. The van der Waals surface area contributed by atoms with Crippen molar-refractivity contribution in [3.63, 3.8) is 0 Å². The number of aromatic nitrogens is 2. The lowest BCUT2D eigenvalue weighted by atomic mass is 10.2. The van der Waals surface area contributed by atoms with Crippen LogP contribution in [-0.4, -0.2) is 21.8 Å². The Bertz CT molecular complexity index is 461. The van der Waals surface area contributed by atoms with Gasteiger partial charge in [-0.15, -0.1) is 11.3 Å². The molecule has 3 N–H and O–H groups in total. The second kappa shape index (κ2) is 4.63. The molecule has 0 aliphatic rings. The fourth-order valence-electron chi connectivity index (χ4n) is 1.32. The molecule has 0 aromatic carbocycles. The molecule has 0 saturated heterocycles. The van der Waals surface area contributed by atoms with Crippen molar-refractivity contribution in [2.24, 2.45) is 11.7 Å². The molecule has 2 aromatic heterocycles. The van der Waals surface area contributed by atoms with Crippen LogP contribution in [0.5, 0.6) is 0 Å². The molecular weight excluding hydrogens is 224 g/mol. The van der Waals surface area contributed by atoms with Crippen LogP contribution in [0.4, 0.5) is 0 Å². The van der Waals surface area contributed by atoms with Gasteiger partial charge < -0.3 is 11.1 Å². The Labute approximate surface area is 97.3 Å². The molecular formula is C10H14N4OS. The Morgan fingerprint density at radius 2 is 2.56 bits per heavy atom. The molecule has 2 aromatic rings. The van der Waals surface area contributed by atoms with Crippen LogP contribution in [-0.2, 0) is 11.3 Å². The van der Waals surface area contributed by atoms with Crippen LogP contribution in [0.2, 0.25) is 0 Å². The number of nitrogens with two attached hydrogens (primary N) is 1. The van der Waals surface area contributed by atoms with Crippen LogP contribution < -0.4 is 11.1 Å². The zero-order valence-electron chi connectivity index (χ0n) is 9.01. The van der Waals surface area contributed by atoms with Gasteiger partial charge in [0.1, 0.15) is 0 Å². The van der Waals surface area contributed by atoms with Gasteiger partial charge in [0.2, 0.25) is 5.91 Å². The molecule has 6 heteroatoms. The van der Waals surface area contributed by atoms with Crippen LogP contribution in [0, 0.1) is 5.92 Å². The molecule has 5 nitrogen and oxygen atoms in total. The maximum atomic E-state index is 11.5. The summed E-state index contributed by atoms with van der Waals surface area (Å²) in [5.41, 5.74) is 6.27. The smallest absolute Gasteiger partial charge is 0.224 e. The predicted molar refractivity (Wildman–Crippen MR) is 63.1 cm³/mol. The first-order valence-electron chi connectivity index (χ1n) is 5.09. The van der Waals surface area contributed by atoms with Gasteiger partial charge in [0.25, 0.3) is 0 Å². The number of rotatable bonds is 4. The monoisotopic (exact) mass is 238 g/mol. The Morgan fingerprint density at radius 1 is 1.75 bits per heavy atom. The van der Waals surface area contributed by atoms with Crippen LogP contribution >= 0.6 is 11.3 Å². The number of imidazole rings is 1. The SMILES string of the molecule is CC(CN)C(=O)NCc1cn2ccsc2n1. The van der Waals surface area contributed by atoms with E-state index in [0.717, 1.165) is 10.7 Å². The first kappa shape index (κ1) is 11.1. The molecule has 2 heterocycles. The normalized spacial score (nSPS) is 12.9. The molecule has 0 radical (unpaired) electrons. The van der Waals surface area contributed by atoms with Crippen molar-refractivity contribution in [2.75, 3.05) is 6.54 Å². The number of hydrogen-bond donors (Lipinski definition) is 2. The Hall–Kier alpha value is -1.40. The van der Waals surface area contributed by atoms with Gasteiger partial charge in [0, 0.05) is 30.2 Å². The molecule has 1 unspecified atom stereocenters. The molecule has 0 aliphatic heterocycles. The molecule has 0 aliphatic carbocycles. The maximum absolute atomic E-state index is 11.5. The van der Waals surface area contributed by atoms with Gasteiger partial charge in [-0.1, -0.05) is 6.92 Å². The standard InChI is InChI=1S/C10H14N4OS/c1-7(4-11)9(15)12-5-8-6-14-2-3-16-10(14)13-8/h2-3,6-7H,4-5,11H2,1H3,(H,12,15). The minimum absolute atomic E-state index is 0.0288. The van der Waals surface area contributed by atoms with E-state index in [2.05, 4.69) is 10.3 Å². The number of amides is 1. The lowest BCUT2D eigenvalue weighted by Crippen LogP contribution is -2.32. The largest absolute Gasteiger partial charge is 0.350 e. The fourth-order valence-corrected chi connectivity index (χ4v) is 2.04. The quantitative estimate of drug-likeness (QED) is 0.819. The number of carbonyl (C=O) groups is 1. The van der Waals surface area contributed by atoms with Crippen molar-refractivity contribution in [3.05, 3.63) is 23.5 Å².